The lowest BCUT2D eigenvalue weighted by molar-refractivity contribution is -0.597. The van der Waals surface area contributed by atoms with Crippen LogP contribution >= 0.6 is 0 Å². The minimum atomic E-state index is -5.77. The lowest BCUT2D eigenvalue weighted by Gasteiger charge is -2.12. The SMILES string of the molecule is Cc1ccccc1[S+](c1ccc(Oc2ccc([I+]c3ccccc3)cc2)cc1)c1ccccc1C.O=S(=O)([O-])c1c(F)c(F)c(F)c(F)c1F.O=S(=O)([O-])c1c(F)c(F)c(F)c(F)c1F. The molecular formula is C44H27F10IO7S3. The normalized spacial score (nSPS) is 11.4. The molecule has 7 aromatic rings. The molecule has 0 atom stereocenters. The summed E-state index contributed by atoms with van der Waals surface area (Å²) < 4.78 is 195. The number of halogens is 11. The Hall–Kier alpha value is -5.46. The zero-order chi connectivity index (χ0) is 48.0. The molecule has 7 aromatic carbocycles. The Labute approximate surface area is 378 Å². The first-order valence-electron chi connectivity index (χ1n) is 17.9. The lowest BCUT2D eigenvalue weighted by Crippen LogP contribution is -3.61. The van der Waals surface area contributed by atoms with Crippen LogP contribution in [0.1, 0.15) is 11.1 Å². The van der Waals surface area contributed by atoms with Crippen molar-refractivity contribution in [1.29, 1.82) is 0 Å². The Kier molecular flexibility index (Phi) is 16.5. The van der Waals surface area contributed by atoms with Crippen molar-refractivity contribution in [2.75, 3.05) is 0 Å². The molecule has 0 aliphatic rings. The van der Waals surface area contributed by atoms with E-state index in [0.29, 0.717) is 0 Å². The van der Waals surface area contributed by atoms with Crippen molar-refractivity contribution in [2.24, 2.45) is 0 Å². The molecule has 0 N–H and O–H groups in total. The fraction of sp³-hybridized carbons (Fsp3) is 0.0455. The van der Waals surface area contributed by atoms with Crippen molar-refractivity contribution >= 4 is 31.1 Å². The zero-order valence-electron chi connectivity index (χ0n) is 32.9. The molecule has 0 bridgehead atoms. The standard InChI is InChI=1S/C32H27IOS.2C6HF5O3S/c1-24-10-6-8-14-31(24)35(32-15-9-7-11-25(32)2)30-22-20-29(21-23-30)34-28-18-16-27(17-19-28)33-26-12-4-3-5-13-26;2*7-1-2(8)4(10)6(15(12,13)14)5(11)3(1)9/h3-23H,1-2H3;2*(H,12,13,14)/q+2;;/p-2. The number of ether oxygens (including phenoxy) is 1. The second-order valence-corrected chi connectivity index (χ2v) is 20.6. The largest absolute Gasteiger partial charge is 0.744 e. The van der Waals surface area contributed by atoms with Gasteiger partial charge < -0.3 is 13.8 Å². The quantitative estimate of drug-likeness (QED) is 0.0360. The second kappa shape index (κ2) is 21.2. The molecule has 0 heterocycles. The maximum absolute atomic E-state index is 12.6. The van der Waals surface area contributed by atoms with Crippen molar-refractivity contribution in [3.05, 3.63) is 204 Å². The van der Waals surface area contributed by atoms with Crippen LogP contribution < -0.4 is 25.9 Å². The molecule has 0 aliphatic carbocycles. The molecular weight excluding hydrogens is 1050 g/mol. The Morgan fingerprint density at radius 2 is 0.723 bits per heavy atom. The predicted molar refractivity (Wildman–Crippen MR) is 210 cm³/mol. The molecule has 0 aliphatic heterocycles. The summed E-state index contributed by atoms with van der Waals surface area (Å²) in [5.74, 6) is -23.9. The Morgan fingerprint density at radius 1 is 0.415 bits per heavy atom. The van der Waals surface area contributed by atoms with E-state index in [0.717, 1.165) is 11.5 Å². The summed E-state index contributed by atoms with van der Waals surface area (Å²) in [6.07, 6.45) is 0. The average molecular weight is 1080 g/mol. The third-order valence-corrected chi connectivity index (χ3v) is 15.5. The highest BCUT2D eigenvalue weighted by Crippen LogP contribution is 2.36. The summed E-state index contributed by atoms with van der Waals surface area (Å²) in [6.45, 7) is 4.41. The number of hydrogen-bond acceptors (Lipinski definition) is 7. The molecule has 0 radical (unpaired) electrons. The van der Waals surface area contributed by atoms with Gasteiger partial charge in [-0.05, 0) is 86.6 Å². The summed E-state index contributed by atoms with van der Waals surface area (Å²) >= 11 is -0.162. The van der Waals surface area contributed by atoms with Gasteiger partial charge in [0.2, 0.25) is 11.6 Å². The molecule has 0 saturated carbocycles. The van der Waals surface area contributed by atoms with E-state index >= 15 is 0 Å². The molecule has 340 valence electrons. The first-order valence-corrected chi connectivity index (χ1v) is 24.1. The fourth-order valence-corrected chi connectivity index (χ4v) is 11.3. The van der Waals surface area contributed by atoms with E-state index in [9.17, 15) is 69.8 Å². The van der Waals surface area contributed by atoms with Crippen LogP contribution in [0.15, 0.2) is 152 Å². The molecule has 0 spiro atoms. The topological polar surface area (TPSA) is 124 Å². The molecule has 0 amide bonds. The van der Waals surface area contributed by atoms with E-state index in [1.54, 1.807) is 0 Å². The van der Waals surface area contributed by atoms with Gasteiger partial charge in [0.15, 0.2) is 68.4 Å². The van der Waals surface area contributed by atoms with E-state index in [2.05, 4.69) is 141 Å². The van der Waals surface area contributed by atoms with Gasteiger partial charge in [-0.2, -0.15) is 0 Å². The number of hydrogen-bond donors (Lipinski definition) is 0. The Balaban J connectivity index is 0.000000218. The smallest absolute Gasteiger partial charge is 0.357 e. The van der Waals surface area contributed by atoms with Crippen molar-refractivity contribution in [2.45, 2.75) is 38.3 Å². The van der Waals surface area contributed by atoms with Gasteiger partial charge in [-0.3, -0.25) is 0 Å². The molecule has 0 saturated heterocycles. The van der Waals surface area contributed by atoms with Crippen LogP contribution in [0, 0.1) is 79.2 Å². The van der Waals surface area contributed by atoms with Crippen LogP contribution in [-0.4, -0.2) is 25.9 Å². The number of aryl methyl sites for hydroxylation is 2. The first-order chi connectivity index (χ1) is 30.5. The van der Waals surface area contributed by atoms with Gasteiger partial charge in [0.25, 0.3) is 0 Å². The fourth-order valence-electron chi connectivity index (χ4n) is 5.50. The minimum Gasteiger partial charge on any atom is -0.744 e. The van der Waals surface area contributed by atoms with Crippen LogP contribution in [0.4, 0.5) is 43.9 Å². The molecule has 0 unspecified atom stereocenters. The van der Waals surface area contributed by atoms with E-state index in [1.165, 1.54) is 33.0 Å². The van der Waals surface area contributed by atoms with Crippen molar-refractivity contribution in [3.8, 4) is 11.5 Å². The van der Waals surface area contributed by atoms with Gasteiger partial charge >= 0.3 is 21.2 Å². The van der Waals surface area contributed by atoms with Crippen molar-refractivity contribution < 1.29 is 95.8 Å². The van der Waals surface area contributed by atoms with Crippen molar-refractivity contribution in [3.63, 3.8) is 0 Å². The van der Waals surface area contributed by atoms with E-state index in [-0.39, 0.29) is 32.1 Å². The highest BCUT2D eigenvalue weighted by atomic mass is 127. The van der Waals surface area contributed by atoms with Crippen LogP contribution in [0.3, 0.4) is 0 Å². The lowest BCUT2D eigenvalue weighted by atomic mass is 10.2. The Bertz CT molecular complexity index is 2870. The molecule has 0 aromatic heterocycles. The molecule has 7 rings (SSSR count). The summed E-state index contributed by atoms with van der Waals surface area (Å²) in [6, 6.07) is 45.3. The maximum atomic E-state index is 12.6. The van der Waals surface area contributed by atoms with Gasteiger partial charge in [0.05, 0.1) is 10.9 Å². The van der Waals surface area contributed by atoms with E-state index in [4.69, 9.17) is 4.74 Å². The first kappa shape index (κ1) is 50.5. The molecule has 21 heteroatoms. The number of benzene rings is 7. The monoisotopic (exact) mass is 1080 g/mol. The third kappa shape index (κ3) is 12.1. The highest BCUT2D eigenvalue weighted by Gasteiger charge is 2.33. The molecule has 0 fully saturated rings. The minimum absolute atomic E-state index is 0.162. The molecule has 65 heavy (non-hydrogen) atoms. The van der Waals surface area contributed by atoms with Gasteiger partial charge in [0.1, 0.15) is 41.5 Å². The number of rotatable bonds is 9. The van der Waals surface area contributed by atoms with Crippen LogP contribution in [0.2, 0.25) is 0 Å². The van der Waals surface area contributed by atoms with Gasteiger partial charge in [-0.15, -0.1) is 0 Å². The van der Waals surface area contributed by atoms with Crippen LogP contribution in [0.5, 0.6) is 11.5 Å². The van der Waals surface area contributed by atoms with Gasteiger partial charge in [-0.25, -0.2) is 60.7 Å². The second-order valence-electron chi connectivity index (χ2n) is 13.0. The van der Waals surface area contributed by atoms with Gasteiger partial charge in [0, 0.05) is 11.1 Å². The zero-order valence-corrected chi connectivity index (χ0v) is 37.5. The summed E-state index contributed by atoms with van der Waals surface area (Å²) in [7, 11) is -11.7. The third-order valence-electron chi connectivity index (χ3n) is 8.53. The van der Waals surface area contributed by atoms with E-state index < -0.39 is 88.2 Å². The van der Waals surface area contributed by atoms with E-state index in [1.807, 2.05) is 0 Å². The Morgan fingerprint density at radius 3 is 1.08 bits per heavy atom. The van der Waals surface area contributed by atoms with Gasteiger partial charge in [-0.1, -0.05) is 54.6 Å². The highest BCUT2D eigenvalue weighted by molar-refractivity contribution is 7.97. The molecule has 7 nitrogen and oxygen atoms in total. The summed E-state index contributed by atoms with van der Waals surface area (Å²) in [4.78, 5) is -0.720. The summed E-state index contributed by atoms with van der Waals surface area (Å²) in [5, 5.41) is 0. The summed E-state index contributed by atoms with van der Waals surface area (Å²) in [5.41, 5.74) is 2.63. The van der Waals surface area contributed by atoms with Crippen LogP contribution in [-0.2, 0) is 31.1 Å². The van der Waals surface area contributed by atoms with Crippen molar-refractivity contribution in [1.82, 2.24) is 0 Å². The predicted octanol–water partition coefficient (Wildman–Crippen LogP) is 7.89. The maximum Gasteiger partial charge on any atom is 0.357 e. The van der Waals surface area contributed by atoms with Crippen LogP contribution in [0.25, 0.3) is 0 Å². The average Bonchev–Trinajstić information content (AvgIpc) is 3.26.